The maximum atomic E-state index is 13.0. The molecule has 1 heterocycles. The molecule has 0 fully saturated rings. The zero-order valence-electron chi connectivity index (χ0n) is 9.53. The summed E-state index contributed by atoms with van der Waals surface area (Å²) in [6.45, 7) is 0. The fourth-order valence-corrected chi connectivity index (χ4v) is 1.92. The number of carboxylic acid groups (broad SMARTS) is 1. The van der Waals surface area contributed by atoms with Crippen LogP contribution >= 0.6 is 34.8 Å². The third kappa shape index (κ3) is 3.12. The van der Waals surface area contributed by atoms with Crippen molar-refractivity contribution < 1.29 is 19.0 Å². The minimum absolute atomic E-state index is 0.0580. The molecule has 1 aromatic carbocycles. The number of nitrogens with zero attached hydrogens (tertiary/aromatic N) is 1. The molecule has 20 heavy (non-hydrogen) atoms. The predicted octanol–water partition coefficient (Wildman–Crippen LogP) is 4.67. The van der Waals surface area contributed by atoms with Crippen LogP contribution in [0.5, 0.6) is 11.6 Å². The van der Waals surface area contributed by atoms with E-state index >= 15 is 0 Å². The Labute approximate surface area is 127 Å². The summed E-state index contributed by atoms with van der Waals surface area (Å²) in [5.41, 5.74) is -0.438. The number of aromatic carboxylic acids is 1. The van der Waals surface area contributed by atoms with Crippen LogP contribution in [-0.2, 0) is 0 Å². The van der Waals surface area contributed by atoms with Crippen molar-refractivity contribution in [3.8, 4) is 11.6 Å². The van der Waals surface area contributed by atoms with Gasteiger partial charge >= 0.3 is 5.97 Å². The standard InChI is InChI=1S/C12H5Cl3FNO3/c13-7-2-9(15)10(3-8(7)14)20-11-6(12(18)19)1-5(16)4-17-11/h1-4H,(H,18,19). The zero-order valence-corrected chi connectivity index (χ0v) is 11.8. The summed E-state index contributed by atoms with van der Waals surface area (Å²) < 4.78 is 18.3. The van der Waals surface area contributed by atoms with Gasteiger partial charge in [-0.15, -0.1) is 0 Å². The summed E-state index contributed by atoms with van der Waals surface area (Å²) in [7, 11) is 0. The lowest BCUT2D eigenvalue weighted by Crippen LogP contribution is -2.03. The molecule has 1 N–H and O–H groups in total. The van der Waals surface area contributed by atoms with E-state index in [-0.39, 0.29) is 26.7 Å². The number of aromatic nitrogens is 1. The second kappa shape index (κ2) is 5.83. The highest BCUT2D eigenvalue weighted by Crippen LogP contribution is 2.36. The Morgan fingerprint density at radius 2 is 1.80 bits per heavy atom. The number of hydrogen-bond donors (Lipinski definition) is 1. The Morgan fingerprint density at radius 3 is 2.45 bits per heavy atom. The summed E-state index contributed by atoms with van der Waals surface area (Å²) in [5.74, 6) is -2.43. The second-order valence-corrected chi connectivity index (χ2v) is 4.83. The topological polar surface area (TPSA) is 59.4 Å². The molecule has 0 aliphatic heterocycles. The van der Waals surface area contributed by atoms with Crippen molar-refractivity contribution in [3.05, 3.63) is 50.8 Å². The van der Waals surface area contributed by atoms with Gasteiger partial charge in [0.25, 0.3) is 0 Å². The van der Waals surface area contributed by atoms with E-state index in [4.69, 9.17) is 44.6 Å². The van der Waals surface area contributed by atoms with Gasteiger partial charge in [0.1, 0.15) is 17.1 Å². The Kier molecular flexibility index (Phi) is 4.32. The maximum Gasteiger partial charge on any atom is 0.341 e. The molecular weight excluding hydrogens is 331 g/mol. The Morgan fingerprint density at radius 1 is 1.15 bits per heavy atom. The Hall–Kier alpha value is -1.56. The van der Waals surface area contributed by atoms with Crippen molar-refractivity contribution in [1.29, 1.82) is 0 Å². The molecule has 8 heteroatoms. The van der Waals surface area contributed by atoms with Crippen molar-refractivity contribution in [2.75, 3.05) is 0 Å². The second-order valence-electron chi connectivity index (χ2n) is 3.61. The number of halogens is 4. The molecule has 0 aliphatic rings. The molecule has 0 spiro atoms. The van der Waals surface area contributed by atoms with E-state index < -0.39 is 17.3 Å². The molecule has 0 aliphatic carbocycles. The SMILES string of the molecule is O=C(O)c1cc(F)cnc1Oc1cc(Cl)c(Cl)cc1Cl. The number of rotatable bonds is 3. The quantitative estimate of drug-likeness (QED) is 0.827. The fourth-order valence-electron chi connectivity index (χ4n) is 1.35. The average Bonchev–Trinajstić information content (AvgIpc) is 2.37. The minimum atomic E-state index is -1.39. The molecule has 4 nitrogen and oxygen atoms in total. The highest BCUT2D eigenvalue weighted by molar-refractivity contribution is 6.43. The monoisotopic (exact) mass is 335 g/mol. The molecule has 2 rings (SSSR count). The van der Waals surface area contributed by atoms with E-state index in [1.165, 1.54) is 12.1 Å². The fraction of sp³-hybridized carbons (Fsp3) is 0. The smallest absolute Gasteiger partial charge is 0.341 e. The van der Waals surface area contributed by atoms with Crippen LogP contribution < -0.4 is 4.74 Å². The van der Waals surface area contributed by atoms with Crippen LogP contribution in [-0.4, -0.2) is 16.1 Å². The number of ether oxygens (including phenoxy) is 1. The summed E-state index contributed by atoms with van der Waals surface area (Å²) in [4.78, 5) is 14.6. The summed E-state index contributed by atoms with van der Waals surface area (Å²) in [6.07, 6.45) is 0.827. The van der Waals surface area contributed by atoms with Crippen molar-refractivity contribution >= 4 is 40.8 Å². The van der Waals surface area contributed by atoms with E-state index in [2.05, 4.69) is 4.98 Å². The van der Waals surface area contributed by atoms with Gasteiger partial charge in [-0.25, -0.2) is 14.2 Å². The lowest BCUT2D eigenvalue weighted by Gasteiger charge is -2.10. The minimum Gasteiger partial charge on any atom is -0.477 e. The largest absolute Gasteiger partial charge is 0.477 e. The number of carboxylic acids is 1. The van der Waals surface area contributed by atoms with Gasteiger partial charge in [0.2, 0.25) is 5.88 Å². The molecule has 0 bridgehead atoms. The number of hydrogen-bond acceptors (Lipinski definition) is 3. The van der Waals surface area contributed by atoms with Crippen molar-refractivity contribution in [1.82, 2.24) is 4.98 Å². The molecule has 0 atom stereocenters. The van der Waals surface area contributed by atoms with Gasteiger partial charge < -0.3 is 9.84 Å². The number of benzene rings is 1. The number of carbonyl (C=O) groups is 1. The highest BCUT2D eigenvalue weighted by atomic mass is 35.5. The first-order chi connectivity index (χ1) is 9.38. The van der Waals surface area contributed by atoms with Crippen LogP contribution in [0.1, 0.15) is 10.4 Å². The molecule has 0 amide bonds. The summed E-state index contributed by atoms with van der Waals surface area (Å²) >= 11 is 17.5. The highest BCUT2D eigenvalue weighted by Gasteiger charge is 2.17. The third-order valence-electron chi connectivity index (χ3n) is 2.23. The lowest BCUT2D eigenvalue weighted by atomic mass is 10.2. The normalized spacial score (nSPS) is 10.4. The van der Waals surface area contributed by atoms with Crippen molar-refractivity contribution in [2.45, 2.75) is 0 Å². The van der Waals surface area contributed by atoms with Gasteiger partial charge in [-0.2, -0.15) is 0 Å². The molecule has 2 aromatic rings. The first-order valence-corrected chi connectivity index (χ1v) is 6.23. The van der Waals surface area contributed by atoms with Crippen LogP contribution in [0, 0.1) is 5.82 Å². The van der Waals surface area contributed by atoms with Crippen LogP contribution in [0.3, 0.4) is 0 Å². The summed E-state index contributed by atoms with van der Waals surface area (Å²) in [5, 5.41) is 9.47. The third-order valence-corrected chi connectivity index (χ3v) is 3.25. The van der Waals surface area contributed by atoms with Crippen LogP contribution in [0.2, 0.25) is 15.1 Å². The number of pyridine rings is 1. The van der Waals surface area contributed by atoms with Crippen LogP contribution in [0.25, 0.3) is 0 Å². The molecule has 1 aromatic heterocycles. The van der Waals surface area contributed by atoms with Gasteiger partial charge in [0.15, 0.2) is 0 Å². The maximum absolute atomic E-state index is 13.0. The first-order valence-electron chi connectivity index (χ1n) is 5.09. The predicted molar refractivity (Wildman–Crippen MR) is 72.7 cm³/mol. The molecule has 0 saturated carbocycles. The van der Waals surface area contributed by atoms with Gasteiger partial charge in [0.05, 0.1) is 21.3 Å². The first kappa shape index (κ1) is 14.8. The van der Waals surface area contributed by atoms with E-state index in [9.17, 15) is 9.18 Å². The van der Waals surface area contributed by atoms with Crippen LogP contribution in [0.4, 0.5) is 4.39 Å². The van der Waals surface area contributed by atoms with Gasteiger partial charge in [-0.1, -0.05) is 34.8 Å². The molecule has 104 valence electrons. The summed E-state index contributed by atoms with van der Waals surface area (Å²) in [6, 6.07) is 3.43. The van der Waals surface area contributed by atoms with E-state index in [1.807, 2.05) is 0 Å². The van der Waals surface area contributed by atoms with Gasteiger partial charge in [-0.05, 0) is 12.1 Å². The average molecular weight is 337 g/mol. The van der Waals surface area contributed by atoms with Gasteiger partial charge in [-0.3, -0.25) is 0 Å². The van der Waals surface area contributed by atoms with Crippen molar-refractivity contribution in [3.63, 3.8) is 0 Å². The van der Waals surface area contributed by atoms with Gasteiger partial charge in [0, 0.05) is 6.07 Å². The molecule has 0 unspecified atom stereocenters. The Balaban J connectivity index is 2.45. The molecular formula is C12H5Cl3FNO3. The lowest BCUT2D eigenvalue weighted by molar-refractivity contribution is 0.0692. The van der Waals surface area contributed by atoms with E-state index in [1.54, 1.807) is 0 Å². The zero-order chi connectivity index (χ0) is 14.9. The van der Waals surface area contributed by atoms with Crippen molar-refractivity contribution in [2.24, 2.45) is 0 Å². The van der Waals surface area contributed by atoms with E-state index in [0.717, 1.165) is 12.3 Å². The van der Waals surface area contributed by atoms with Crippen LogP contribution in [0.15, 0.2) is 24.4 Å². The molecule has 0 saturated heterocycles. The van der Waals surface area contributed by atoms with E-state index in [0.29, 0.717) is 0 Å². The Bertz CT molecular complexity index is 694. The molecule has 0 radical (unpaired) electrons.